The molecule has 1 unspecified atom stereocenters. The average Bonchev–Trinajstić information content (AvgIpc) is 3.01. The number of esters is 1. The van der Waals surface area contributed by atoms with Crippen LogP contribution in [0.4, 0.5) is 0 Å². The van der Waals surface area contributed by atoms with E-state index < -0.39 is 6.10 Å². The van der Waals surface area contributed by atoms with E-state index in [-0.39, 0.29) is 12.6 Å². The summed E-state index contributed by atoms with van der Waals surface area (Å²) in [5, 5.41) is 9.49. The minimum atomic E-state index is -0.531. The fourth-order valence-electron chi connectivity index (χ4n) is 4.96. The molecule has 1 atom stereocenters. The summed E-state index contributed by atoms with van der Waals surface area (Å²) in [5.74, 6) is -0.210. The lowest BCUT2D eigenvalue weighted by Crippen LogP contribution is -2.27. The van der Waals surface area contributed by atoms with E-state index in [2.05, 4.69) is 62.5 Å². The molecule has 0 aliphatic heterocycles. The highest BCUT2D eigenvalue weighted by molar-refractivity contribution is 5.69. The number of aliphatic hydroxyl groups excluding tert-OH is 1. The fraction of sp³-hybridized carbons (Fsp3) is 0.769. The SMILES string of the molecule is CC/C=C\C/C=C\C/C=C\C/C=C\CCCCCCCCCCCCCOCC(CO)OC(=O)CCCCCCCCC. The molecule has 0 saturated carbocycles. The van der Waals surface area contributed by atoms with E-state index >= 15 is 0 Å². The third-order valence-electron chi connectivity index (χ3n) is 7.67. The van der Waals surface area contributed by atoms with Crippen LogP contribution < -0.4 is 0 Å². The Morgan fingerprint density at radius 2 is 1.05 bits per heavy atom. The third-order valence-corrected chi connectivity index (χ3v) is 7.67. The highest BCUT2D eigenvalue weighted by Crippen LogP contribution is 2.13. The van der Waals surface area contributed by atoms with Crippen molar-refractivity contribution in [2.24, 2.45) is 0 Å². The maximum Gasteiger partial charge on any atom is 0.306 e. The Morgan fingerprint density at radius 3 is 1.58 bits per heavy atom. The molecule has 4 heteroatoms. The van der Waals surface area contributed by atoms with E-state index in [1.54, 1.807) is 0 Å². The van der Waals surface area contributed by atoms with Crippen LogP contribution in [-0.4, -0.2) is 37.0 Å². The molecule has 0 heterocycles. The summed E-state index contributed by atoms with van der Waals surface area (Å²) in [7, 11) is 0. The number of ether oxygens (including phenoxy) is 2. The number of hydrogen-bond acceptors (Lipinski definition) is 4. The van der Waals surface area contributed by atoms with E-state index in [1.807, 2.05) is 0 Å². The summed E-state index contributed by atoms with van der Waals surface area (Å²) < 4.78 is 11.0. The zero-order valence-electron chi connectivity index (χ0n) is 28.5. The van der Waals surface area contributed by atoms with Crippen molar-refractivity contribution in [1.29, 1.82) is 0 Å². The maximum atomic E-state index is 12.0. The van der Waals surface area contributed by atoms with E-state index in [0.29, 0.717) is 19.6 Å². The Balaban J connectivity index is 3.40. The number of aliphatic hydroxyl groups is 1. The van der Waals surface area contributed by atoms with Gasteiger partial charge in [0.05, 0.1) is 13.2 Å². The van der Waals surface area contributed by atoms with Crippen molar-refractivity contribution in [3.63, 3.8) is 0 Å². The normalized spacial score (nSPS) is 12.9. The van der Waals surface area contributed by atoms with Crippen LogP contribution in [-0.2, 0) is 14.3 Å². The standard InChI is InChI=1S/C39H70O4/c1-3-5-7-9-11-12-13-14-15-16-17-18-19-20-21-22-23-24-25-26-27-29-31-33-35-42-37-38(36-40)43-39(41)34-32-30-28-10-8-6-4-2/h5,7,11-12,14-15,17-18,38,40H,3-4,6,8-10,13,16,19-37H2,1-2H3/b7-5-,12-11-,15-14-,18-17-. The molecule has 0 aromatic heterocycles. The lowest BCUT2D eigenvalue weighted by atomic mass is 10.1. The summed E-state index contributed by atoms with van der Waals surface area (Å²) in [6.45, 7) is 5.18. The number of carbonyl (C=O) groups excluding carboxylic acids is 1. The van der Waals surface area contributed by atoms with Crippen molar-refractivity contribution in [2.75, 3.05) is 19.8 Å². The second kappa shape index (κ2) is 36.5. The molecule has 0 fully saturated rings. The van der Waals surface area contributed by atoms with Crippen molar-refractivity contribution in [3.8, 4) is 0 Å². The summed E-state index contributed by atoms with van der Waals surface area (Å²) in [6.07, 6.45) is 46.0. The monoisotopic (exact) mass is 603 g/mol. The maximum absolute atomic E-state index is 12.0. The number of unbranched alkanes of at least 4 members (excludes halogenated alkanes) is 17. The van der Waals surface area contributed by atoms with Gasteiger partial charge in [0.15, 0.2) is 0 Å². The minimum absolute atomic E-state index is 0.173. The first-order chi connectivity index (χ1) is 21.2. The Hall–Kier alpha value is -1.65. The molecule has 0 bridgehead atoms. The van der Waals surface area contributed by atoms with Gasteiger partial charge in [0.25, 0.3) is 0 Å². The van der Waals surface area contributed by atoms with Gasteiger partial charge in [0, 0.05) is 13.0 Å². The smallest absolute Gasteiger partial charge is 0.306 e. The van der Waals surface area contributed by atoms with Crippen molar-refractivity contribution in [3.05, 3.63) is 48.6 Å². The molecular weight excluding hydrogens is 532 g/mol. The molecule has 0 aliphatic carbocycles. The van der Waals surface area contributed by atoms with Gasteiger partial charge in [0.1, 0.15) is 6.10 Å². The van der Waals surface area contributed by atoms with Gasteiger partial charge in [-0.3, -0.25) is 4.79 Å². The van der Waals surface area contributed by atoms with Gasteiger partial charge in [-0.2, -0.15) is 0 Å². The second-order valence-electron chi connectivity index (χ2n) is 11.9. The van der Waals surface area contributed by atoms with Crippen molar-refractivity contribution >= 4 is 5.97 Å². The molecular formula is C39H70O4. The zero-order valence-corrected chi connectivity index (χ0v) is 28.5. The first-order valence-electron chi connectivity index (χ1n) is 18.2. The third kappa shape index (κ3) is 34.7. The van der Waals surface area contributed by atoms with E-state index in [9.17, 15) is 9.90 Å². The summed E-state index contributed by atoms with van der Waals surface area (Å²) in [4.78, 5) is 12.0. The van der Waals surface area contributed by atoms with Crippen molar-refractivity contribution in [1.82, 2.24) is 0 Å². The van der Waals surface area contributed by atoms with Crippen LogP contribution in [0, 0.1) is 0 Å². The van der Waals surface area contributed by atoms with Gasteiger partial charge in [-0.05, 0) is 51.4 Å². The quantitative estimate of drug-likeness (QED) is 0.0461. The molecule has 0 aromatic rings. The summed E-state index contributed by atoms with van der Waals surface area (Å²) >= 11 is 0. The second-order valence-corrected chi connectivity index (χ2v) is 11.9. The van der Waals surface area contributed by atoms with Crippen LogP contribution in [0.3, 0.4) is 0 Å². The van der Waals surface area contributed by atoms with Crippen LogP contribution in [0.25, 0.3) is 0 Å². The van der Waals surface area contributed by atoms with Crippen LogP contribution in [0.2, 0.25) is 0 Å². The zero-order chi connectivity index (χ0) is 31.3. The molecule has 1 N–H and O–H groups in total. The molecule has 0 saturated heterocycles. The number of carbonyl (C=O) groups is 1. The number of hydrogen-bond donors (Lipinski definition) is 1. The largest absolute Gasteiger partial charge is 0.457 e. The van der Waals surface area contributed by atoms with E-state index in [4.69, 9.17) is 9.47 Å². The minimum Gasteiger partial charge on any atom is -0.457 e. The van der Waals surface area contributed by atoms with Gasteiger partial charge >= 0.3 is 5.97 Å². The lowest BCUT2D eigenvalue weighted by molar-refractivity contribution is -0.154. The highest BCUT2D eigenvalue weighted by atomic mass is 16.6. The number of allylic oxidation sites excluding steroid dienone is 8. The molecule has 0 aliphatic rings. The topological polar surface area (TPSA) is 55.8 Å². The predicted octanol–water partition coefficient (Wildman–Crippen LogP) is 11.5. The van der Waals surface area contributed by atoms with Gasteiger partial charge < -0.3 is 14.6 Å². The molecule has 0 spiro atoms. The van der Waals surface area contributed by atoms with Gasteiger partial charge in [0.2, 0.25) is 0 Å². The molecule has 0 radical (unpaired) electrons. The van der Waals surface area contributed by atoms with Gasteiger partial charge in [-0.15, -0.1) is 0 Å². The van der Waals surface area contributed by atoms with E-state index in [1.165, 1.54) is 103 Å². The lowest BCUT2D eigenvalue weighted by Gasteiger charge is -2.15. The molecule has 0 aromatic carbocycles. The molecule has 0 amide bonds. The Morgan fingerprint density at radius 1 is 0.581 bits per heavy atom. The molecule has 0 rings (SSSR count). The summed E-state index contributed by atoms with van der Waals surface area (Å²) in [5.41, 5.74) is 0. The van der Waals surface area contributed by atoms with E-state index in [0.717, 1.165) is 44.9 Å². The average molecular weight is 603 g/mol. The first kappa shape index (κ1) is 41.4. The van der Waals surface area contributed by atoms with Crippen LogP contribution >= 0.6 is 0 Å². The Kier molecular flexibility index (Phi) is 35.1. The Bertz CT molecular complexity index is 679. The van der Waals surface area contributed by atoms with Crippen LogP contribution in [0.5, 0.6) is 0 Å². The van der Waals surface area contributed by atoms with Gasteiger partial charge in [-0.25, -0.2) is 0 Å². The van der Waals surface area contributed by atoms with Crippen molar-refractivity contribution in [2.45, 2.75) is 174 Å². The van der Waals surface area contributed by atoms with Crippen LogP contribution in [0.1, 0.15) is 168 Å². The number of rotatable bonds is 33. The molecule has 4 nitrogen and oxygen atoms in total. The Labute approximate surface area is 267 Å². The predicted molar refractivity (Wildman–Crippen MR) is 187 cm³/mol. The van der Waals surface area contributed by atoms with Crippen LogP contribution in [0.15, 0.2) is 48.6 Å². The first-order valence-corrected chi connectivity index (χ1v) is 18.2. The van der Waals surface area contributed by atoms with Gasteiger partial charge in [-0.1, -0.05) is 159 Å². The highest BCUT2D eigenvalue weighted by Gasteiger charge is 2.13. The molecule has 250 valence electrons. The summed E-state index contributed by atoms with van der Waals surface area (Å²) in [6, 6.07) is 0. The fourth-order valence-corrected chi connectivity index (χ4v) is 4.96. The van der Waals surface area contributed by atoms with Crippen molar-refractivity contribution < 1.29 is 19.4 Å². The molecule has 43 heavy (non-hydrogen) atoms.